The lowest BCUT2D eigenvalue weighted by molar-refractivity contribution is -0.124. The molecule has 16 heavy (non-hydrogen) atoms. The zero-order valence-electron chi connectivity index (χ0n) is 9.09. The van der Waals surface area contributed by atoms with Gasteiger partial charge >= 0.3 is 0 Å². The van der Waals surface area contributed by atoms with Crippen molar-refractivity contribution in [2.45, 2.75) is 12.7 Å². The molecule has 1 aliphatic rings. The van der Waals surface area contributed by atoms with Crippen molar-refractivity contribution < 1.29 is 4.79 Å². The molecule has 84 valence electrons. The van der Waals surface area contributed by atoms with Gasteiger partial charge in [-0.2, -0.15) is 0 Å². The van der Waals surface area contributed by atoms with Gasteiger partial charge in [0.15, 0.2) is 5.17 Å². The second-order valence-electron chi connectivity index (χ2n) is 3.48. The maximum absolute atomic E-state index is 11.3. The Morgan fingerprint density at radius 3 is 3.19 bits per heavy atom. The molecule has 0 saturated heterocycles. The molecule has 1 amide bonds. The smallest absolute Gasteiger partial charge is 0.225 e. The van der Waals surface area contributed by atoms with Crippen LogP contribution in [0.1, 0.15) is 12.5 Å². The number of pyridine rings is 1. The fourth-order valence-corrected chi connectivity index (χ4v) is 2.50. The fourth-order valence-electron chi connectivity index (χ4n) is 1.47. The van der Waals surface area contributed by atoms with Crippen LogP contribution in [0.15, 0.2) is 29.5 Å². The highest BCUT2D eigenvalue weighted by molar-refractivity contribution is 8.13. The first kappa shape index (κ1) is 11.1. The van der Waals surface area contributed by atoms with E-state index in [9.17, 15) is 4.79 Å². The van der Waals surface area contributed by atoms with E-state index >= 15 is 0 Å². The van der Waals surface area contributed by atoms with E-state index in [4.69, 9.17) is 0 Å². The van der Waals surface area contributed by atoms with Gasteiger partial charge < -0.3 is 0 Å². The van der Waals surface area contributed by atoms with Gasteiger partial charge in [0.1, 0.15) is 0 Å². The summed E-state index contributed by atoms with van der Waals surface area (Å²) in [5.74, 6) is 0.867. The summed E-state index contributed by atoms with van der Waals surface area (Å²) in [4.78, 5) is 21.4. The molecular formula is C11H13N3OS. The Labute approximate surface area is 98.8 Å². The second kappa shape index (κ2) is 5.12. The highest BCUT2D eigenvalue weighted by Gasteiger charge is 2.20. The molecule has 0 saturated carbocycles. The lowest BCUT2D eigenvalue weighted by atomic mass is 10.3. The molecular weight excluding hydrogens is 222 g/mol. The Bertz CT molecular complexity index is 405. The third kappa shape index (κ3) is 2.61. The van der Waals surface area contributed by atoms with Crippen LogP contribution in [-0.2, 0) is 10.5 Å². The number of thioether (sulfide) groups is 1. The Kier molecular flexibility index (Phi) is 3.56. The fraction of sp³-hybridized carbons (Fsp3) is 0.364. The van der Waals surface area contributed by atoms with E-state index < -0.39 is 0 Å². The number of carbonyl (C=O) groups is 1. The van der Waals surface area contributed by atoms with E-state index in [-0.39, 0.29) is 5.91 Å². The van der Waals surface area contributed by atoms with Gasteiger partial charge in [0.2, 0.25) is 5.91 Å². The first-order valence-corrected chi connectivity index (χ1v) is 6.10. The third-order valence-corrected chi connectivity index (χ3v) is 3.36. The van der Waals surface area contributed by atoms with E-state index in [0.29, 0.717) is 6.54 Å². The molecule has 0 atom stereocenters. The molecule has 1 aliphatic heterocycles. The summed E-state index contributed by atoms with van der Waals surface area (Å²) in [7, 11) is 0. The molecule has 0 aromatic carbocycles. The number of carbonyl (C=O) groups excluding carboxylic acids is 1. The molecule has 0 spiro atoms. The summed E-state index contributed by atoms with van der Waals surface area (Å²) in [5, 5.41) is 0.830. The molecule has 2 rings (SSSR count). The van der Waals surface area contributed by atoms with Crippen molar-refractivity contribution >= 4 is 22.8 Å². The van der Waals surface area contributed by atoms with Crippen LogP contribution in [0.4, 0.5) is 0 Å². The first-order chi connectivity index (χ1) is 7.77. The van der Waals surface area contributed by atoms with E-state index in [1.165, 1.54) is 0 Å². The van der Waals surface area contributed by atoms with E-state index in [1.54, 1.807) is 29.8 Å². The van der Waals surface area contributed by atoms with E-state index in [1.807, 2.05) is 18.3 Å². The molecule has 0 radical (unpaired) electrons. The second-order valence-corrected chi connectivity index (χ2v) is 4.43. The molecule has 0 bridgehead atoms. The molecule has 5 heteroatoms. The number of nitrogens with zero attached hydrogens (tertiary/aromatic N) is 3. The van der Waals surface area contributed by atoms with Gasteiger partial charge in [0, 0.05) is 31.6 Å². The van der Waals surface area contributed by atoms with Crippen molar-refractivity contribution in [3.05, 3.63) is 30.1 Å². The zero-order chi connectivity index (χ0) is 11.4. The monoisotopic (exact) mass is 235 g/mol. The van der Waals surface area contributed by atoms with E-state index in [2.05, 4.69) is 9.98 Å². The van der Waals surface area contributed by atoms with Gasteiger partial charge in [-0.3, -0.25) is 19.7 Å². The van der Waals surface area contributed by atoms with Crippen LogP contribution in [0, 0.1) is 0 Å². The number of rotatable bonds is 2. The molecule has 0 N–H and O–H groups in total. The number of hydrogen-bond acceptors (Lipinski definition) is 4. The summed E-state index contributed by atoms with van der Waals surface area (Å²) >= 11 is 1.59. The van der Waals surface area contributed by atoms with Crippen molar-refractivity contribution in [1.82, 2.24) is 9.88 Å². The normalized spacial score (nSPS) is 15.1. The summed E-state index contributed by atoms with van der Waals surface area (Å²) < 4.78 is 0. The van der Waals surface area contributed by atoms with Crippen LogP contribution < -0.4 is 0 Å². The largest absolute Gasteiger partial charge is 0.290 e. The molecule has 1 aromatic rings. The average molecular weight is 235 g/mol. The summed E-state index contributed by atoms with van der Waals surface area (Å²) in [6.07, 6.45) is 3.59. The Hall–Kier alpha value is -1.36. The maximum atomic E-state index is 11.3. The quantitative estimate of drug-likeness (QED) is 0.781. The molecule has 0 fully saturated rings. The van der Waals surface area contributed by atoms with Crippen molar-refractivity contribution in [2.75, 3.05) is 13.1 Å². The minimum atomic E-state index is 0.0648. The van der Waals surface area contributed by atoms with Gasteiger partial charge in [-0.15, -0.1) is 0 Å². The predicted molar refractivity (Wildman–Crippen MR) is 65.2 cm³/mol. The summed E-state index contributed by atoms with van der Waals surface area (Å²) in [5.41, 5.74) is 1.14. The average Bonchev–Trinajstić information content (AvgIpc) is 2.76. The lowest BCUT2D eigenvalue weighted by Gasteiger charge is -2.14. The SMILES string of the molecule is CC(=O)N1CCN=C1SCc1cccnc1. The van der Waals surface area contributed by atoms with Crippen LogP contribution in [0.25, 0.3) is 0 Å². The number of amides is 1. The zero-order valence-corrected chi connectivity index (χ0v) is 9.91. The van der Waals surface area contributed by atoms with Crippen LogP contribution in [0.3, 0.4) is 0 Å². The predicted octanol–water partition coefficient (Wildman–Crippen LogP) is 1.53. The minimum absolute atomic E-state index is 0.0648. The van der Waals surface area contributed by atoms with Crippen molar-refractivity contribution in [3.8, 4) is 0 Å². The van der Waals surface area contributed by atoms with Crippen molar-refractivity contribution in [2.24, 2.45) is 4.99 Å². The topological polar surface area (TPSA) is 45.6 Å². The maximum Gasteiger partial charge on any atom is 0.225 e. The number of aromatic nitrogens is 1. The number of hydrogen-bond donors (Lipinski definition) is 0. The van der Waals surface area contributed by atoms with E-state index in [0.717, 1.165) is 23.0 Å². The van der Waals surface area contributed by atoms with Gasteiger partial charge in [0.05, 0.1) is 6.54 Å². The van der Waals surface area contributed by atoms with Crippen LogP contribution in [0.2, 0.25) is 0 Å². The van der Waals surface area contributed by atoms with Crippen molar-refractivity contribution in [3.63, 3.8) is 0 Å². The Balaban J connectivity index is 1.93. The number of aliphatic imine (C=N–C) groups is 1. The number of amidine groups is 1. The minimum Gasteiger partial charge on any atom is -0.290 e. The highest BCUT2D eigenvalue weighted by Crippen LogP contribution is 2.18. The summed E-state index contributed by atoms with van der Waals surface area (Å²) in [6, 6.07) is 3.93. The Morgan fingerprint density at radius 1 is 1.62 bits per heavy atom. The molecule has 1 aromatic heterocycles. The van der Waals surface area contributed by atoms with Gasteiger partial charge in [0.25, 0.3) is 0 Å². The lowest BCUT2D eigenvalue weighted by Crippen LogP contribution is -2.30. The molecule has 0 unspecified atom stereocenters. The van der Waals surface area contributed by atoms with Gasteiger partial charge in [-0.1, -0.05) is 17.8 Å². The first-order valence-electron chi connectivity index (χ1n) is 5.11. The van der Waals surface area contributed by atoms with Crippen LogP contribution >= 0.6 is 11.8 Å². The molecule has 0 aliphatic carbocycles. The van der Waals surface area contributed by atoms with Crippen LogP contribution in [-0.4, -0.2) is 34.0 Å². The molecule has 4 nitrogen and oxygen atoms in total. The van der Waals surface area contributed by atoms with Gasteiger partial charge in [-0.05, 0) is 11.6 Å². The van der Waals surface area contributed by atoms with Gasteiger partial charge in [-0.25, -0.2) is 0 Å². The highest BCUT2D eigenvalue weighted by atomic mass is 32.2. The molecule has 2 heterocycles. The Morgan fingerprint density at radius 2 is 2.50 bits per heavy atom. The third-order valence-electron chi connectivity index (χ3n) is 2.27. The summed E-state index contributed by atoms with van der Waals surface area (Å²) in [6.45, 7) is 3.01. The van der Waals surface area contributed by atoms with Crippen LogP contribution in [0.5, 0.6) is 0 Å². The van der Waals surface area contributed by atoms with Crippen molar-refractivity contribution in [1.29, 1.82) is 0 Å². The standard InChI is InChI=1S/C11H13N3OS/c1-9(15)14-6-5-13-11(14)16-8-10-3-2-4-12-7-10/h2-4,7H,5-6,8H2,1H3.